The zero-order valence-corrected chi connectivity index (χ0v) is 41.2. The van der Waals surface area contributed by atoms with Crippen molar-refractivity contribution in [2.24, 2.45) is 0 Å². The topological polar surface area (TPSA) is 16.8 Å². The Labute approximate surface area is 440 Å². The largest absolute Gasteiger partial charge is 0.416 e. The number of unbranched alkanes of at least 4 members (excludes halogenated alkanes) is 7. The Bertz CT molecular complexity index is 2580. The molecule has 0 radical (unpaired) electrons. The SMILES string of the molecule is CCCCCCCCCCc1c[n+](Cc2ccccc2)ccn1.FC(F)(F)c1cc([B-](c2cc(C(F)(F)F)cc(C(F)(F)F)c2)(c2cc(C(F)(F)F)cc(C(F)(F)F)c2)c2cc(C(F)(F)F)cc(C(F)(F)F)c2)cc(C(F)(F)F)c1. The van der Waals surface area contributed by atoms with E-state index in [0.717, 1.165) is 13.0 Å². The second-order valence-corrected chi connectivity index (χ2v) is 18.7. The van der Waals surface area contributed by atoms with E-state index < -0.39 is 195 Å². The van der Waals surface area contributed by atoms with Crippen LogP contribution in [-0.4, -0.2) is 11.1 Å². The second-order valence-electron chi connectivity index (χ2n) is 18.7. The summed E-state index contributed by atoms with van der Waals surface area (Å²) in [6.07, 6.45) is -36.6. The van der Waals surface area contributed by atoms with Crippen molar-refractivity contribution < 1.29 is 110 Å². The molecule has 0 aliphatic rings. The number of nitrogens with zero attached hydrogens (tertiary/aromatic N) is 2. The summed E-state index contributed by atoms with van der Waals surface area (Å²) in [5.41, 5.74) is -27.7. The molecule has 0 unspecified atom stereocenters. The summed E-state index contributed by atoms with van der Waals surface area (Å²) < 4.78 is 343. The third kappa shape index (κ3) is 16.8. The molecule has 1 aromatic heterocycles. The van der Waals surface area contributed by atoms with E-state index in [4.69, 9.17) is 0 Å². The summed E-state index contributed by atoms with van der Waals surface area (Å²) in [6, 6.07) is 1.79. The second kappa shape index (κ2) is 24.3. The predicted molar refractivity (Wildman–Crippen MR) is 246 cm³/mol. The van der Waals surface area contributed by atoms with Crippen LogP contribution in [0.1, 0.15) is 114 Å². The van der Waals surface area contributed by atoms with Gasteiger partial charge in [0.15, 0.2) is 18.9 Å². The fourth-order valence-corrected chi connectivity index (χ4v) is 9.01. The molecule has 0 saturated carbocycles. The van der Waals surface area contributed by atoms with Crippen LogP contribution in [0.5, 0.6) is 0 Å². The van der Waals surface area contributed by atoms with Crippen LogP contribution in [-0.2, 0) is 62.4 Å². The molecule has 0 saturated heterocycles. The fraction of sp³-hybridized carbons (Fsp3) is 0.358. The van der Waals surface area contributed by atoms with E-state index in [1.165, 1.54) is 62.6 Å². The first-order valence-electron chi connectivity index (χ1n) is 23.9. The van der Waals surface area contributed by atoms with E-state index in [9.17, 15) is 105 Å². The Hall–Kier alpha value is -6.44. The molecule has 0 atom stereocenters. The quantitative estimate of drug-likeness (QED) is 0.0433. The molecule has 6 rings (SSSR count). The standard InChI is InChI=1S/C32H12BF24.C21H31N2/c34-25(35,36)13-1-14(26(37,38)39)6-21(5-13)33(22-7-15(27(40,41)42)2-16(8-22)28(43,44)45,23-9-17(29(46,47)48)3-18(10-23)30(49,50)51)24-11-19(31(52,53)54)4-20(12-24)32(55,56)57;1-2-3-4-5-6-7-8-12-15-21-19-23(17-16-22-21)18-20-13-10-9-11-14-20/h1-12H;9-11,13-14,16-17,19H,2-8,12,15,18H2,1H3/q-1;+1. The van der Waals surface area contributed by atoms with Crippen molar-refractivity contribution in [3.8, 4) is 0 Å². The molecule has 0 fully saturated rings. The van der Waals surface area contributed by atoms with Crippen LogP contribution in [0.15, 0.2) is 122 Å². The van der Waals surface area contributed by atoms with Gasteiger partial charge in [0.2, 0.25) is 0 Å². The highest BCUT2D eigenvalue weighted by molar-refractivity contribution is 7.20. The molecule has 436 valence electrons. The highest BCUT2D eigenvalue weighted by Crippen LogP contribution is 2.41. The van der Waals surface area contributed by atoms with Gasteiger partial charge < -0.3 is 0 Å². The van der Waals surface area contributed by atoms with Crippen LogP contribution in [0.3, 0.4) is 0 Å². The summed E-state index contributed by atoms with van der Waals surface area (Å²) in [5, 5.41) is 0. The molecular weight excluding hydrogens is 1130 g/mol. The fourth-order valence-electron chi connectivity index (χ4n) is 9.01. The number of aromatic nitrogens is 2. The van der Waals surface area contributed by atoms with Gasteiger partial charge >= 0.3 is 49.4 Å². The predicted octanol–water partition coefficient (Wildman–Crippen LogP) is 16.3. The molecule has 0 spiro atoms. The van der Waals surface area contributed by atoms with E-state index in [1.54, 1.807) is 0 Å². The highest BCUT2D eigenvalue weighted by atomic mass is 19.4. The maximum Gasteiger partial charge on any atom is 0.416 e. The number of benzene rings is 5. The van der Waals surface area contributed by atoms with Crippen molar-refractivity contribution in [1.29, 1.82) is 0 Å². The molecule has 0 bridgehead atoms. The number of alkyl halides is 24. The smallest absolute Gasteiger partial charge is 0.249 e. The van der Waals surface area contributed by atoms with Crippen LogP contribution in [0.4, 0.5) is 105 Å². The van der Waals surface area contributed by atoms with Gasteiger partial charge in [0.25, 0.3) is 0 Å². The van der Waals surface area contributed by atoms with E-state index in [2.05, 4.69) is 59.2 Å². The van der Waals surface area contributed by atoms with Crippen molar-refractivity contribution in [3.05, 3.63) is 177 Å². The van der Waals surface area contributed by atoms with E-state index >= 15 is 0 Å². The maximum absolute atomic E-state index is 14.2. The van der Waals surface area contributed by atoms with Gasteiger partial charge in [0.1, 0.15) is 11.8 Å². The summed E-state index contributed by atoms with van der Waals surface area (Å²) in [5.74, 6) is 0. The molecule has 6 aromatic rings. The zero-order valence-electron chi connectivity index (χ0n) is 41.2. The third-order valence-corrected chi connectivity index (χ3v) is 12.7. The number of hydrogen-bond acceptors (Lipinski definition) is 1. The Morgan fingerprint density at radius 2 is 0.637 bits per heavy atom. The van der Waals surface area contributed by atoms with Gasteiger partial charge in [-0.25, -0.2) is 4.98 Å². The Morgan fingerprint density at radius 1 is 0.362 bits per heavy atom. The van der Waals surface area contributed by atoms with Crippen LogP contribution >= 0.6 is 0 Å². The minimum absolute atomic E-state index is 0.691. The molecule has 0 amide bonds. The number of rotatable bonds is 15. The van der Waals surface area contributed by atoms with Gasteiger partial charge in [0, 0.05) is 5.56 Å². The average Bonchev–Trinajstić information content (AvgIpc) is 3.33. The van der Waals surface area contributed by atoms with Gasteiger partial charge in [0.05, 0.1) is 50.7 Å². The molecule has 0 N–H and O–H groups in total. The number of aryl methyl sites for hydroxylation is 1. The zero-order chi connectivity index (χ0) is 60.1. The molecular formula is C53H43BF24N2. The van der Waals surface area contributed by atoms with E-state index in [0.29, 0.717) is 0 Å². The summed E-state index contributed by atoms with van der Waals surface area (Å²) in [4.78, 5) is 4.52. The lowest BCUT2D eigenvalue weighted by Crippen LogP contribution is -2.75. The first-order valence-corrected chi connectivity index (χ1v) is 23.9. The monoisotopic (exact) mass is 1170 g/mol. The van der Waals surface area contributed by atoms with Crippen LogP contribution in [0, 0.1) is 0 Å². The minimum atomic E-state index is -6.13. The van der Waals surface area contributed by atoms with E-state index in [1.807, 2.05) is 6.20 Å². The van der Waals surface area contributed by atoms with Gasteiger partial charge in [-0.15, -0.1) is 0 Å². The Kier molecular flexibility index (Phi) is 19.6. The van der Waals surface area contributed by atoms with E-state index in [-0.39, 0.29) is 0 Å². The highest BCUT2D eigenvalue weighted by Gasteiger charge is 2.47. The van der Waals surface area contributed by atoms with Crippen molar-refractivity contribution in [3.63, 3.8) is 0 Å². The summed E-state index contributed by atoms with van der Waals surface area (Å²) in [6.45, 7) is 3.20. The van der Waals surface area contributed by atoms with Crippen molar-refractivity contribution >= 4 is 28.0 Å². The summed E-state index contributed by atoms with van der Waals surface area (Å²) in [7, 11) is 0. The minimum Gasteiger partial charge on any atom is -0.249 e. The van der Waals surface area contributed by atoms with Crippen molar-refractivity contribution in [2.45, 2.75) is 121 Å². The Balaban J connectivity index is 0.000000424. The number of hydrogen-bond donors (Lipinski definition) is 0. The lowest BCUT2D eigenvalue weighted by molar-refractivity contribution is -0.689. The van der Waals surface area contributed by atoms with Gasteiger partial charge in [-0.3, -0.25) is 0 Å². The van der Waals surface area contributed by atoms with Crippen molar-refractivity contribution in [2.75, 3.05) is 0 Å². The first-order chi connectivity index (χ1) is 36.6. The van der Waals surface area contributed by atoms with Gasteiger partial charge in [-0.05, 0) is 37.1 Å². The molecule has 1 heterocycles. The first kappa shape index (κ1) is 64.4. The van der Waals surface area contributed by atoms with Crippen LogP contribution < -0.4 is 26.4 Å². The molecule has 0 aliphatic carbocycles. The summed E-state index contributed by atoms with van der Waals surface area (Å²) >= 11 is 0. The molecule has 2 nitrogen and oxygen atoms in total. The Morgan fingerprint density at radius 3 is 0.912 bits per heavy atom. The van der Waals surface area contributed by atoms with Crippen molar-refractivity contribution in [1.82, 2.24) is 4.98 Å². The molecule has 5 aromatic carbocycles. The molecule has 27 heteroatoms. The van der Waals surface area contributed by atoms with Gasteiger partial charge in [-0.1, -0.05) is 131 Å². The van der Waals surface area contributed by atoms with Crippen LogP contribution in [0.2, 0.25) is 0 Å². The average molecular weight is 1170 g/mol. The van der Waals surface area contributed by atoms with Gasteiger partial charge in [-0.2, -0.15) is 132 Å². The lowest BCUT2D eigenvalue weighted by atomic mass is 9.12. The maximum atomic E-state index is 14.2. The van der Waals surface area contributed by atoms with Crippen LogP contribution in [0.25, 0.3) is 0 Å². The molecule has 0 aliphatic heterocycles. The normalized spacial score (nSPS) is 13.3. The molecule has 80 heavy (non-hydrogen) atoms. The lowest BCUT2D eigenvalue weighted by Gasteiger charge is -2.46. The third-order valence-electron chi connectivity index (χ3n) is 12.7. The number of halogens is 24.